The van der Waals surface area contributed by atoms with Crippen LogP contribution in [0, 0.1) is 5.92 Å². The van der Waals surface area contributed by atoms with Crippen LogP contribution in [-0.4, -0.2) is 11.1 Å². The molecule has 0 aliphatic heterocycles. The van der Waals surface area contributed by atoms with Gasteiger partial charge in [-0.1, -0.05) is 123 Å². The summed E-state index contributed by atoms with van der Waals surface area (Å²) >= 11 is 0. The van der Waals surface area contributed by atoms with Crippen LogP contribution in [0.4, 0.5) is 0 Å². The van der Waals surface area contributed by atoms with E-state index in [0.717, 1.165) is 6.42 Å². The second kappa shape index (κ2) is 19.0. The summed E-state index contributed by atoms with van der Waals surface area (Å²) in [6, 6.07) is 0. The molecular weight excluding hydrogens is 320 g/mol. The minimum atomic E-state index is -0.843. The van der Waals surface area contributed by atoms with Crippen LogP contribution in [0.3, 0.4) is 0 Å². The number of hydrogen-bond donors (Lipinski definition) is 1. The van der Waals surface area contributed by atoms with Gasteiger partial charge in [-0.05, 0) is 18.8 Å². The lowest BCUT2D eigenvalue weighted by atomic mass is 9.95. The first-order chi connectivity index (χ1) is 12.6. The molecule has 0 rings (SSSR count). The number of carboxylic acid groups (broad SMARTS) is 1. The van der Waals surface area contributed by atoms with Gasteiger partial charge in [-0.15, -0.1) is 0 Å². The summed E-state index contributed by atoms with van der Waals surface area (Å²) in [6.45, 7) is 8.12. The molecule has 0 saturated carbocycles. The van der Waals surface area contributed by atoms with E-state index in [1.807, 2.05) is 0 Å². The van der Waals surface area contributed by atoms with Crippen molar-refractivity contribution >= 4 is 5.97 Å². The Labute approximate surface area is 163 Å². The third kappa shape index (κ3) is 18.0. The van der Waals surface area contributed by atoms with Crippen LogP contribution in [0.25, 0.3) is 0 Å². The number of carbonyl (C=O) groups is 1. The Bertz CT molecular complexity index is 335. The number of rotatable bonds is 20. The van der Waals surface area contributed by atoms with E-state index in [2.05, 4.69) is 20.4 Å². The molecule has 0 aromatic carbocycles. The van der Waals surface area contributed by atoms with Crippen molar-refractivity contribution in [3.05, 3.63) is 12.2 Å². The van der Waals surface area contributed by atoms with Gasteiger partial charge in [0.2, 0.25) is 0 Å². The summed E-state index contributed by atoms with van der Waals surface area (Å²) in [5.41, 5.74) is 0.355. The Morgan fingerprint density at radius 3 is 1.50 bits per heavy atom. The maximum atomic E-state index is 10.7. The van der Waals surface area contributed by atoms with E-state index in [4.69, 9.17) is 5.11 Å². The highest BCUT2D eigenvalue weighted by Gasteiger charge is 2.07. The molecule has 0 heterocycles. The maximum Gasteiger partial charge on any atom is 0.330 e. The number of carboxylic acids is 1. The van der Waals surface area contributed by atoms with Gasteiger partial charge in [0.15, 0.2) is 0 Å². The highest BCUT2D eigenvalue weighted by Crippen LogP contribution is 2.19. The first-order valence-electron chi connectivity index (χ1n) is 11.5. The Morgan fingerprint density at radius 1 is 0.731 bits per heavy atom. The normalized spacial score (nSPS) is 12.2. The summed E-state index contributed by atoms with van der Waals surface area (Å²) in [5, 5.41) is 8.81. The quantitative estimate of drug-likeness (QED) is 0.174. The van der Waals surface area contributed by atoms with Crippen LogP contribution in [0.15, 0.2) is 12.2 Å². The SMILES string of the molecule is C=C(CCC(C)CCCCCCCCCCCCCCCCC)C(=O)O. The average Bonchev–Trinajstić information content (AvgIpc) is 2.62. The first kappa shape index (κ1) is 25.2. The molecule has 0 saturated heterocycles. The van der Waals surface area contributed by atoms with Crippen LogP contribution in [0.5, 0.6) is 0 Å². The second-order valence-corrected chi connectivity index (χ2v) is 8.29. The standard InChI is InChI=1S/C24H46O2/c1-4-5-6-7-8-9-10-11-12-13-14-15-16-17-18-19-22(2)20-21-23(3)24(25)26/h22H,3-21H2,1-2H3,(H,25,26). The Morgan fingerprint density at radius 2 is 1.12 bits per heavy atom. The van der Waals surface area contributed by atoms with Crippen LogP contribution >= 0.6 is 0 Å². The zero-order valence-electron chi connectivity index (χ0n) is 17.9. The topological polar surface area (TPSA) is 37.3 Å². The lowest BCUT2D eigenvalue weighted by molar-refractivity contribution is -0.132. The van der Waals surface area contributed by atoms with E-state index in [1.54, 1.807) is 0 Å². The largest absolute Gasteiger partial charge is 0.478 e. The molecule has 0 fully saturated rings. The van der Waals surface area contributed by atoms with Crippen molar-refractivity contribution in [2.45, 2.75) is 129 Å². The Hall–Kier alpha value is -0.790. The number of aliphatic carboxylic acids is 1. The highest BCUT2D eigenvalue weighted by atomic mass is 16.4. The molecule has 1 atom stereocenters. The molecule has 0 aliphatic carbocycles. The van der Waals surface area contributed by atoms with Gasteiger partial charge in [-0.2, -0.15) is 0 Å². The van der Waals surface area contributed by atoms with Gasteiger partial charge >= 0.3 is 5.97 Å². The molecule has 0 bridgehead atoms. The van der Waals surface area contributed by atoms with Gasteiger partial charge in [0, 0.05) is 5.57 Å². The maximum absolute atomic E-state index is 10.7. The third-order valence-corrected chi connectivity index (χ3v) is 5.54. The molecule has 0 aromatic heterocycles. The predicted octanol–water partition coefficient (Wildman–Crippen LogP) is 8.31. The van der Waals surface area contributed by atoms with E-state index in [9.17, 15) is 4.79 Å². The lowest BCUT2D eigenvalue weighted by Crippen LogP contribution is -2.02. The van der Waals surface area contributed by atoms with Crippen LogP contribution < -0.4 is 0 Å². The van der Waals surface area contributed by atoms with Gasteiger partial charge in [-0.25, -0.2) is 4.79 Å². The van der Waals surface area contributed by atoms with Gasteiger partial charge in [0.25, 0.3) is 0 Å². The molecule has 0 amide bonds. The van der Waals surface area contributed by atoms with Crippen LogP contribution in [0.1, 0.15) is 129 Å². The van der Waals surface area contributed by atoms with E-state index < -0.39 is 5.97 Å². The molecule has 0 radical (unpaired) electrons. The Balaban J connectivity index is 3.19. The summed E-state index contributed by atoms with van der Waals surface area (Å²) in [5.74, 6) is -0.225. The van der Waals surface area contributed by atoms with Gasteiger partial charge < -0.3 is 5.11 Å². The minimum Gasteiger partial charge on any atom is -0.478 e. The van der Waals surface area contributed by atoms with E-state index in [1.165, 1.54) is 103 Å². The van der Waals surface area contributed by atoms with Gasteiger partial charge in [-0.3, -0.25) is 0 Å². The van der Waals surface area contributed by atoms with Gasteiger partial charge in [0.05, 0.1) is 0 Å². The van der Waals surface area contributed by atoms with Crippen molar-refractivity contribution in [2.75, 3.05) is 0 Å². The zero-order chi connectivity index (χ0) is 19.5. The molecule has 2 heteroatoms. The summed E-state index contributed by atoms with van der Waals surface area (Å²) in [4.78, 5) is 10.7. The Kier molecular flexibility index (Phi) is 18.4. The van der Waals surface area contributed by atoms with Crippen LogP contribution in [-0.2, 0) is 4.79 Å². The second-order valence-electron chi connectivity index (χ2n) is 8.29. The van der Waals surface area contributed by atoms with Crippen molar-refractivity contribution in [3.8, 4) is 0 Å². The number of unbranched alkanes of at least 4 members (excludes halogenated alkanes) is 14. The molecular formula is C24H46O2. The summed E-state index contributed by atoms with van der Waals surface area (Å²) < 4.78 is 0. The molecule has 154 valence electrons. The fraction of sp³-hybridized carbons (Fsp3) is 0.875. The summed E-state index contributed by atoms with van der Waals surface area (Å²) in [7, 11) is 0. The van der Waals surface area contributed by atoms with Crippen molar-refractivity contribution in [2.24, 2.45) is 5.92 Å². The van der Waals surface area contributed by atoms with Crippen molar-refractivity contribution < 1.29 is 9.90 Å². The van der Waals surface area contributed by atoms with Crippen LogP contribution in [0.2, 0.25) is 0 Å². The molecule has 26 heavy (non-hydrogen) atoms. The highest BCUT2D eigenvalue weighted by molar-refractivity contribution is 5.85. The summed E-state index contributed by atoms with van der Waals surface area (Å²) in [6.07, 6.45) is 23.9. The minimum absolute atomic E-state index is 0.355. The zero-order valence-corrected chi connectivity index (χ0v) is 17.9. The fourth-order valence-corrected chi connectivity index (χ4v) is 3.54. The average molecular weight is 367 g/mol. The number of hydrogen-bond acceptors (Lipinski definition) is 1. The molecule has 1 unspecified atom stereocenters. The molecule has 1 N–H and O–H groups in total. The van der Waals surface area contributed by atoms with Crippen molar-refractivity contribution in [3.63, 3.8) is 0 Å². The molecule has 0 aliphatic rings. The smallest absolute Gasteiger partial charge is 0.330 e. The van der Waals surface area contributed by atoms with Gasteiger partial charge in [0.1, 0.15) is 0 Å². The lowest BCUT2D eigenvalue weighted by Gasteiger charge is -2.11. The monoisotopic (exact) mass is 366 g/mol. The van der Waals surface area contributed by atoms with E-state index >= 15 is 0 Å². The molecule has 2 nitrogen and oxygen atoms in total. The predicted molar refractivity (Wildman–Crippen MR) is 115 cm³/mol. The molecule has 0 aromatic rings. The first-order valence-corrected chi connectivity index (χ1v) is 11.5. The van der Waals surface area contributed by atoms with E-state index in [0.29, 0.717) is 17.9 Å². The third-order valence-electron chi connectivity index (χ3n) is 5.54. The van der Waals surface area contributed by atoms with Crippen molar-refractivity contribution in [1.82, 2.24) is 0 Å². The molecule has 0 spiro atoms. The van der Waals surface area contributed by atoms with Crippen molar-refractivity contribution in [1.29, 1.82) is 0 Å². The fourth-order valence-electron chi connectivity index (χ4n) is 3.54. The van der Waals surface area contributed by atoms with E-state index in [-0.39, 0.29) is 0 Å².